The van der Waals surface area contributed by atoms with Gasteiger partial charge in [-0.15, -0.1) is 35.3 Å². The molecule has 0 saturated carbocycles. The van der Waals surface area contributed by atoms with E-state index < -0.39 is 0 Å². The molecule has 0 aromatic heterocycles. The molecule has 2 saturated heterocycles. The van der Waals surface area contributed by atoms with Crippen molar-refractivity contribution in [3.8, 4) is 0 Å². The predicted octanol–water partition coefficient (Wildman–Crippen LogP) is 4.31. The van der Waals surface area contributed by atoms with Crippen molar-refractivity contribution in [2.75, 3.05) is 23.9 Å². The third kappa shape index (κ3) is 4.78. The predicted molar refractivity (Wildman–Crippen MR) is 86.8 cm³/mol. The highest BCUT2D eigenvalue weighted by molar-refractivity contribution is 14.1. The Balaban J connectivity index is 1.60. The maximum absolute atomic E-state index is 5.68. The topological polar surface area (TPSA) is 9.23 Å². The second kappa shape index (κ2) is 7.36. The summed E-state index contributed by atoms with van der Waals surface area (Å²) in [5.74, 6) is 5.75. The molecule has 2 fully saturated rings. The normalized spacial score (nSPS) is 40.9. The maximum Gasteiger partial charge on any atom is 0.154 e. The Bertz CT molecular complexity index is 179. The molecule has 0 radical (unpaired) electrons. The number of hydrogen-bond acceptors (Lipinski definition) is 4. The standard InChI is InChI=1S/C11H19IOS3/c1-8-5-14-10(15-6-8)3-2-9-4-13-11(12)16-7-9/h8-11H,2-7H2,1H3. The highest BCUT2D eigenvalue weighted by Crippen LogP contribution is 2.38. The number of alkyl halides is 1. The average molecular weight is 390 g/mol. The first-order chi connectivity index (χ1) is 7.74. The van der Waals surface area contributed by atoms with Crippen LogP contribution in [0, 0.1) is 11.8 Å². The monoisotopic (exact) mass is 390 g/mol. The molecule has 2 heterocycles. The van der Waals surface area contributed by atoms with E-state index in [-0.39, 0.29) is 0 Å². The van der Waals surface area contributed by atoms with Crippen LogP contribution in [0.1, 0.15) is 19.8 Å². The number of rotatable bonds is 3. The molecular weight excluding hydrogens is 371 g/mol. The summed E-state index contributed by atoms with van der Waals surface area (Å²) in [5, 5.41) is 0. The Kier molecular flexibility index (Phi) is 6.51. The van der Waals surface area contributed by atoms with Crippen LogP contribution < -0.4 is 0 Å². The minimum Gasteiger partial charge on any atom is -0.357 e. The maximum atomic E-state index is 5.68. The molecule has 0 bridgehead atoms. The molecule has 16 heavy (non-hydrogen) atoms. The highest BCUT2D eigenvalue weighted by atomic mass is 127. The summed E-state index contributed by atoms with van der Waals surface area (Å²) >= 11 is 8.69. The first-order valence-electron chi connectivity index (χ1n) is 5.84. The summed E-state index contributed by atoms with van der Waals surface area (Å²) in [6, 6.07) is 0. The van der Waals surface area contributed by atoms with Gasteiger partial charge in [0, 0.05) is 5.75 Å². The van der Waals surface area contributed by atoms with Gasteiger partial charge in [0.15, 0.2) is 3.44 Å². The summed E-state index contributed by atoms with van der Waals surface area (Å²) in [6.07, 6.45) is 2.73. The molecule has 2 aliphatic rings. The fourth-order valence-corrected chi connectivity index (χ4v) is 6.49. The van der Waals surface area contributed by atoms with Gasteiger partial charge in [-0.2, -0.15) is 0 Å². The molecule has 2 rings (SSSR count). The average Bonchev–Trinajstić information content (AvgIpc) is 2.30. The van der Waals surface area contributed by atoms with Crippen molar-refractivity contribution in [3.05, 3.63) is 0 Å². The van der Waals surface area contributed by atoms with E-state index >= 15 is 0 Å². The number of thioether (sulfide) groups is 3. The minimum absolute atomic E-state index is 0.396. The van der Waals surface area contributed by atoms with E-state index in [1.54, 1.807) is 0 Å². The highest BCUT2D eigenvalue weighted by Gasteiger charge is 2.23. The van der Waals surface area contributed by atoms with E-state index in [9.17, 15) is 0 Å². The zero-order valence-electron chi connectivity index (χ0n) is 9.56. The van der Waals surface area contributed by atoms with Gasteiger partial charge in [0.2, 0.25) is 0 Å². The second-order valence-electron chi connectivity index (χ2n) is 4.59. The lowest BCUT2D eigenvalue weighted by molar-refractivity contribution is 0.124. The van der Waals surface area contributed by atoms with Crippen LogP contribution in [0.3, 0.4) is 0 Å². The van der Waals surface area contributed by atoms with Crippen molar-refractivity contribution >= 4 is 57.9 Å². The zero-order chi connectivity index (χ0) is 11.4. The van der Waals surface area contributed by atoms with E-state index in [1.807, 2.05) is 11.8 Å². The molecule has 0 aromatic carbocycles. The summed E-state index contributed by atoms with van der Waals surface area (Å²) in [5.41, 5.74) is 0. The third-order valence-corrected chi connectivity index (χ3v) is 8.92. The number of halogens is 1. The van der Waals surface area contributed by atoms with Gasteiger partial charge < -0.3 is 4.74 Å². The zero-order valence-corrected chi connectivity index (χ0v) is 14.2. The van der Waals surface area contributed by atoms with Gasteiger partial charge in [-0.25, -0.2) is 0 Å². The van der Waals surface area contributed by atoms with E-state index in [2.05, 4.69) is 53.0 Å². The Morgan fingerprint density at radius 2 is 1.88 bits per heavy atom. The van der Waals surface area contributed by atoms with Crippen molar-refractivity contribution in [3.63, 3.8) is 0 Å². The van der Waals surface area contributed by atoms with Gasteiger partial charge in [-0.05, 0) is 58.8 Å². The van der Waals surface area contributed by atoms with Crippen LogP contribution in [-0.4, -0.2) is 31.9 Å². The SMILES string of the molecule is CC1CSC(CCC2COC(I)SC2)SC1. The van der Waals surface area contributed by atoms with Crippen molar-refractivity contribution in [2.45, 2.75) is 27.8 Å². The van der Waals surface area contributed by atoms with E-state index in [4.69, 9.17) is 4.74 Å². The molecule has 2 atom stereocenters. The van der Waals surface area contributed by atoms with Crippen molar-refractivity contribution in [2.24, 2.45) is 11.8 Å². The Hall–Kier alpha value is 1.74. The Morgan fingerprint density at radius 3 is 2.50 bits per heavy atom. The van der Waals surface area contributed by atoms with Gasteiger partial charge in [-0.1, -0.05) is 6.92 Å². The van der Waals surface area contributed by atoms with Gasteiger partial charge in [0.05, 0.1) is 11.2 Å². The van der Waals surface area contributed by atoms with Crippen molar-refractivity contribution < 1.29 is 4.74 Å². The first kappa shape index (κ1) is 14.2. The molecular formula is C11H19IOS3. The molecule has 0 N–H and O–H groups in total. The van der Waals surface area contributed by atoms with E-state index in [0.29, 0.717) is 3.44 Å². The quantitative estimate of drug-likeness (QED) is 0.524. The van der Waals surface area contributed by atoms with Crippen LogP contribution in [0.15, 0.2) is 0 Å². The van der Waals surface area contributed by atoms with Gasteiger partial charge >= 0.3 is 0 Å². The third-order valence-electron chi connectivity index (χ3n) is 2.87. The van der Waals surface area contributed by atoms with Crippen LogP contribution >= 0.6 is 57.9 Å². The number of ether oxygens (including phenoxy) is 1. The van der Waals surface area contributed by atoms with Crippen LogP contribution in [0.2, 0.25) is 0 Å². The molecule has 2 unspecified atom stereocenters. The molecule has 0 amide bonds. The minimum atomic E-state index is 0.396. The van der Waals surface area contributed by atoms with Gasteiger partial charge in [0.25, 0.3) is 0 Å². The fourth-order valence-electron chi connectivity index (χ4n) is 1.86. The van der Waals surface area contributed by atoms with Crippen LogP contribution in [0.5, 0.6) is 0 Å². The molecule has 1 nitrogen and oxygen atoms in total. The lowest BCUT2D eigenvalue weighted by Gasteiger charge is -2.29. The summed E-state index contributed by atoms with van der Waals surface area (Å²) in [4.78, 5) is 0. The number of hydrogen-bond donors (Lipinski definition) is 0. The molecule has 0 spiro atoms. The van der Waals surface area contributed by atoms with E-state index in [0.717, 1.165) is 23.0 Å². The summed E-state index contributed by atoms with van der Waals surface area (Å²) in [7, 11) is 0. The summed E-state index contributed by atoms with van der Waals surface area (Å²) in [6.45, 7) is 3.35. The Labute approximate surface area is 125 Å². The molecule has 0 aromatic rings. The lowest BCUT2D eigenvalue weighted by Crippen LogP contribution is -2.23. The van der Waals surface area contributed by atoms with Gasteiger partial charge in [-0.3, -0.25) is 0 Å². The van der Waals surface area contributed by atoms with Crippen LogP contribution in [0.25, 0.3) is 0 Å². The van der Waals surface area contributed by atoms with Gasteiger partial charge in [0.1, 0.15) is 0 Å². The molecule has 5 heteroatoms. The first-order valence-corrected chi connectivity index (χ1v) is 10.2. The molecule has 0 aliphatic carbocycles. The largest absolute Gasteiger partial charge is 0.357 e. The van der Waals surface area contributed by atoms with E-state index in [1.165, 1.54) is 30.1 Å². The van der Waals surface area contributed by atoms with Crippen LogP contribution in [-0.2, 0) is 4.74 Å². The van der Waals surface area contributed by atoms with Crippen LogP contribution in [0.4, 0.5) is 0 Å². The van der Waals surface area contributed by atoms with Crippen molar-refractivity contribution in [1.82, 2.24) is 0 Å². The second-order valence-corrected chi connectivity index (χ2v) is 10.4. The summed E-state index contributed by atoms with van der Waals surface area (Å²) < 4.78 is 6.94. The molecule has 2 aliphatic heterocycles. The Morgan fingerprint density at radius 1 is 1.12 bits per heavy atom. The fraction of sp³-hybridized carbons (Fsp3) is 1.00. The van der Waals surface area contributed by atoms with Crippen molar-refractivity contribution in [1.29, 1.82) is 0 Å². The molecule has 94 valence electrons. The smallest absolute Gasteiger partial charge is 0.154 e. The lowest BCUT2D eigenvalue weighted by atomic mass is 10.1.